The van der Waals surface area contributed by atoms with Gasteiger partial charge < -0.3 is 14.7 Å². The quantitative estimate of drug-likeness (QED) is 0.860. The maximum absolute atomic E-state index is 12.4. The van der Waals surface area contributed by atoms with Crippen molar-refractivity contribution < 1.29 is 14.6 Å². The second kappa shape index (κ2) is 6.07. The molecular formula is C15H17N3O3. The Hall–Kier alpha value is -2.18. The number of amides is 1. The Morgan fingerprint density at radius 1 is 1.33 bits per heavy atom. The third kappa shape index (κ3) is 3.12. The standard InChI is InChI=1S/C15H17N3O3/c19-13-9-18(7-8-21-10-13)15(20)12-3-1-11(2-4-12)14-5-6-16-17-14/h1-6,13,19H,7-10H2,(H,16,17)/t13-/m1/s1. The Bertz CT molecular complexity index is 595. The van der Waals surface area contributed by atoms with Crippen LogP contribution in [0.1, 0.15) is 10.4 Å². The van der Waals surface area contributed by atoms with Crippen molar-refractivity contribution >= 4 is 5.91 Å². The van der Waals surface area contributed by atoms with Gasteiger partial charge in [0.1, 0.15) is 0 Å². The number of aromatic nitrogens is 2. The van der Waals surface area contributed by atoms with Crippen LogP contribution in [0.3, 0.4) is 0 Å². The molecule has 2 aromatic rings. The molecule has 1 aliphatic heterocycles. The first kappa shape index (κ1) is 13.8. The van der Waals surface area contributed by atoms with Gasteiger partial charge in [-0.1, -0.05) is 12.1 Å². The summed E-state index contributed by atoms with van der Waals surface area (Å²) in [7, 11) is 0. The van der Waals surface area contributed by atoms with Gasteiger partial charge in [0.05, 0.1) is 25.0 Å². The van der Waals surface area contributed by atoms with E-state index in [9.17, 15) is 9.90 Å². The second-order valence-electron chi connectivity index (χ2n) is 5.03. The Labute approximate surface area is 122 Å². The van der Waals surface area contributed by atoms with Crippen LogP contribution in [0, 0.1) is 0 Å². The Kier molecular flexibility index (Phi) is 3.98. The number of aliphatic hydroxyl groups excluding tert-OH is 1. The first-order valence-corrected chi connectivity index (χ1v) is 6.89. The maximum atomic E-state index is 12.4. The number of aliphatic hydroxyl groups is 1. The van der Waals surface area contributed by atoms with Crippen molar-refractivity contribution in [2.24, 2.45) is 0 Å². The molecule has 2 N–H and O–H groups in total. The number of ether oxygens (including phenoxy) is 1. The molecule has 1 aliphatic rings. The first-order chi connectivity index (χ1) is 10.2. The van der Waals surface area contributed by atoms with Crippen LogP contribution in [-0.4, -0.2) is 58.5 Å². The fourth-order valence-electron chi connectivity index (χ4n) is 2.37. The van der Waals surface area contributed by atoms with E-state index in [1.54, 1.807) is 23.2 Å². The zero-order valence-electron chi connectivity index (χ0n) is 11.5. The lowest BCUT2D eigenvalue weighted by Crippen LogP contribution is -2.37. The van der Waals surface area contributed by atoms with Crippen LogP contribution in [0.4, 0.5) is 0 Å². The second-order valence-corrected chi connectivity index (χ2v) is 5.03. The van der Waals surface area contributed by atoms with E-state index < -0.39 is 6.10 Å². The third-order valence-electron chi connectivity index (χ3n) is 3.48. The molecule has 0 saturated carbocycles. The summed E-state index contributed by atoms with van der Waals surface area (Å²) in [6, 6.07) is 9.21. The topological polar surface area (TPSA) is 78.5 Å². The minimum atomic E-state index is -0.624. The Balaban J connectivity index is 1.75. The van der Waals surface area contributed by atoms with Gasteiger partial charge in [-0.3, -0.25) is 9.89 Å². The van der Waals surface area contributed by atoms with Crippen molar-refractivity contribution in [3.05, 3.63) is 42.1 Å². The molecule has 0 bridgehead atoms. The number of carbonyl (C=O) groups is 1. The number of H-pyrrole nitrogens is 1. The van der Waals surface area contributed by atoms with E-state index in [1.807, 2.05) is 18.2 Å². The number of rotatable bonds is 2. The molecule has 1 fully saturated rings. The van der Waals surface area contributed by atoms with E-state index in [0.717, 1.165) is 11.3 Å². The summed E-state index contributed by atoms with van der Waals surface area (Å²) in [6.07, 6.45) is 1.06. The number of aromatic amines is 1. The highest BCUT2D eigenvalue weighted by Crippen LogP contribution is 2.17. The Morgan fingerprint density at radius 3 is 2.86 bits per heavy atom. The van der Waals surface area contributed by atoms with Crippen LogP contribution < -0.4 is 0 Å². The van der Waals surface area contributed by atoms with Crippen molar-refractivity contribution in [1.82, 2.24) is 15.1 Å². The predicted molar refractivity (Wildman–Crippen MR) is 76.8 cm³/mol. The molecule has 0 radical (unpaired) electrons. The molecule has 21 heavy (non-hydrogen) atoms. The number of benzene rings is 1. The SMILES string of the molecule is O=C(c1ccc(-c2ccn[nH]2)cc1)N1CCOC[C@H](O)C1. The molecule has 1 amide bonds. The summed E-state index contributed by atoms with van der Waals surface area (Å²) in [4.78, 5) is 14.1. The third-order valence-corrected chi connectivity index (χ3v) is 3.48. The zero-order chi connectivity index (χ0) is 14.7. The minimum absolute atomic E-state index is 0.0873. The molecule has 0 aliphatic carbocycles. The molecule has 1 aromatic heterocycles. The van der Waals surface area contributed by atoms with Gasteiger partial charge in [0, 0.05) is 24.8 Å². The van der Waals surface area contributed by atoms with Crippen molar-refractivity contribution in [3.8, 4) is 11.3 Å². The lowest BCUT2D eigenvalue weighted by Gasteiger charge is -2.21. The van der Waals surface area contributed by atoms with Crippen molar-refractivity contribution in [2.45, 2.75) is 6.10 Å². The summed E-state index contributed by atoms with van der Waals surface area (Å²) < 4.78 is 5.24. The van der Waals surface area contributed by atoms with Crippen molar-refractivity contribution in [2.75, 3.05) is 26.3 Å². The number of β-amino-alcohol motifs (C(OH)–C–C–N with tert-alkyl or cyclic N) is 1. The van der Waals surface area contributed by atoms with Crippen LogP contribution in [-0.2, 0) is 4.74 Å². The molecule has 1 aromatic carbocycles. The monoisotopic (exact) mass is 287 g/mol. The molecule has 6 heteroatoms. The largest absolute Gasteiger partial charge is 0.389 e. The van der Waals surface area contributed by atoms with Crippen LogP contribution >= 0.6 is 0 Å². The van der Waals surface area contributed by atoms with Crippen molar-refractivity contribution in [1.29, 1.82) is 0 Å². The number of hydrogen-bond acceptors (Lipinski definition) is 4. The van der Waals surface area contributed by atoms with Gasteiger partial charge in [-0.2, -0.15) is 5.10 Å². The van der Waals surface area contributed by atoms with Gasteiger partial charge in [-0.25, -0.2) is 0 Å². The fraction of sp³-hybridized carbons (Fsp3) is 0.333. The fourth-order valence-corrected chi connectivity index (χ4v) is 2.37. The number of nitrogens with one attached hydrogen (secondary N) is 1. The number of carbonyl (C=O) groups excluding carboxylic acids is 1. The van der Waals surface area contributed by atoms with Gasteiger partial charge >= 0.3 is 0 Å². The van der Waals surface area contributed by atoms with Gasteiger partial charge in [-0.15, -0.1) is 0 Å². The molecule has 3 rings (SSSR count). The molecule has 110 valence electrons. The lowest BCUT2D eigenvalue weighted by atomic mass is 10.1. The van der Waals surface area contributed by atoms with Crippen LogP contribution in [0.5, 0.6) is 0 Å². The summed E-state index contributed by atoms with van der Waals surface area (Å²) in [5.41, 5.74) is 2.49. The summed E-state index contributed by atoms with van der Waals surface area (Å²) in [6.45, 7) is 1.54. The molecular weight excluding hydrogens is 270 g/mol. The highest BCUT2D eigenvalue weighted by molar-refractivity contribution is 5.94. The molecule has 6 nitrogen and oxygen atoms in total. The zero-order valence-corrected chi connectivity index (χ0v) is 11.5. The van der Waals surface area contributed by atoms with E-state index in [2.05, 4.69) is 10.2 Å². The molecule has 0 unspecified atom stereocenters. The normalized spacial score (nSPS) is 19.3. The first-order valence-electron chi connectivity index (χ1n) is 6.89. The van der Waals surface area contributed by atoms with Gasteiger partial charge in [-0.05, 0) is 23.8 Å². The van der Waals surface area contributed by atoms with Gasteiger partial charge in [0.2, 0.25) is 0 Å². The van der Waals surface area contributed by atoms with E-state index in [-0.39, 0.29) is 12.5 Å². The van der Waals surface area contributed by atoms with E-state index in [4.69, 9.17) is 4.74 Å². The predicted octanol–water partition coefficient (Wildman–Crippen LogP) is 0.910. The average molecular weight is 287 g/mol. The van der Waals surface area contributed by atoms with E-state index in [0.29, 0.717) is 25.3 Å². The van der Waals surface area contributed by atoms with Crippen LogP contribution in [0.2, 0.25) is 0 Å². The van der Waals surface area contributed by atoms with Gasteiger partial charge in [0.15, 0.2) is 0 Å². The lowest BCUT2D eigenvalue weighted by molar-refractivity contribution is 0.0534. The summed E-state index contributed by atoms with van der Waals surface area (Å²) in [5.74, 6) is -0.0873. The maximum Gasteiger partial charge on any atom is 0.254 e. The molecule has 0 spiro atoms. The molecule has 1 atom stereocenters. The van der Waals surface area contributed by atoms with Crippen LogP contribution in [0.15, 0.2) is 36.5 Å². The van der Waals surface area contributed by atoms with Crippen molar-refractivity contribution in [3.63, 3.8) is 0 Å². The van der Waals surface area contributed by atoms with E-state index in [1.165, 1.54) is 0 Å². The molecule has 1 saturated heterocycles. The number of hydrogen-bond donors (Lipinski definition) is 2. The highest BCUT2D eigenvalue weighted by Gasteiger charge is 2.21. The van der Waals surface area contributed by atoms with Crippen LogP contribution in [0.25, 0.3) is 11.3 Å². The summed E-state index contributed by atoms with van der Waals surface area (Å²) in [5, 5.41) is 16.5. The van der Waals surface area contributed by atoms with Gasteiger partial charge in [0.25, 0.3) is 5.91 Å². The average Bonchev–Trinajstić information content (AvgIpc) is 2.96. The smallest absolute Gasteiger partial charge is 0.254 e. The van der Waals surface area contributed by atoms with E-state index >= 15 is 0 Å². The summed E-state index contributed by atoms with van der Waals surface area (Å²) >= 11 is 0. The number of nitrogens with zero attached hydrogens (tertiary/aromatic N) is 2. The Morgan fingerprint density at radius 2 is 2.14 bits per heavy atom. The highest BCUT2D eigenvalue weighted by atomic mass is 16.5. The molecule has 2 heterocycles. The minimum Gasteiger partial charge on any atom is -0.389 e.